The molecule has 0 aromatic heterocycles. The van der Waals surface area contributed by atoms with Crippen LogP contribution in [0.15, 0.2) is 21.6 Å². The minimum absolute atomic E-state index is 0.263. The standard InChI is InChI=1S/C4H6N7/c5-3-2-4(8-1-7-2)10-11(6)9-3/h1,10H,6H2,(H2,5,9). The number of nitrogens with zero attached hydrogens (tertiary/aromatic N) is 4. The molecule has 0 atom stereocenters. The third-order valence-corrected chi connectivity index (χ3v) is 1.28. The Bertz CT molecular complexity index is 274. The average Bonchev–Trinajstić information content (AvgIpc) is 2.34. The van der Waals surface area contributed by atoms with Gasteiger partial charge in [-0.05, 0) is 0 Å². The van der Waals surface area contributed by atoms with E-state index in [2.05, 4.69) is 20.8 Å². The van der Waals surface area contributed by atoms with Gasteiger partial charge in [-0.25, -0.2) is 21.6 Å². The van der Waals surface area contributed by atoms with Gasteiger partial charge in [-0.1, -0.05) is 0 Å². The van der Waals surface area contributed by atoms with Crippen molar-refractivity contribution in [2.75, 3.05) is 0 Å². The molecule has 0 aromatic rings. The van der Waals surface area contributed by atoms with Crippen molar-refractivity contribution in [3.8, 4) is 0 Å². The van der Waals surface area contributed by atoms with Gasteiger partial charge in [0.15, 0.2) is 17.4 Å². The van der Waals surface area contributed by atoms with Crippen molar-refractivity contribution >= 4 is 12.2 Å². The number of nitrogens with one attached hydrogen (secondary N) is 1. The molecule has 0 unspecified atom stereocenters. The molecule has 57 valence electrons. The van der Waals surface area contributed by atoms with Crippen LogP contribution in [0.5, 0.6) is 0 Å². The van der Waals surface area contributed by atoms with Crippen LogP contribution in [0.1, 0.15) is 0 Å². The van der Waals surface area contributed by atoms with E-state index in [1.165, 1.54) is 6.34 Å². The predicted molar refractivity (Wildman–Crippen MR) is 38.4 cm³/mol. The number of hydrogen-bond acceptors (Lipinski definition) is 6. The Morgan fingerprint density at radius 3 is 3.18 bits per heavy atom. The van der Waals surface area contributed by atoms with Crippen molar-refractivity contribution in [3.63, 3.8) is 0 Å². The number of aliphatic imine (C=N–C) groups is 1. The van der Waals surface area contributed by atoms with Crippen LogP contribution >= 0.6 is 0 Å². The maximum atomic E-state index is 5.47. The minimum Gasteiger partial charge on any atom is -0.380 e. The van der Waals surface area contributed by atoms with Gasteiger partial charge in [0, 0.05) is 0 Å². The number of rotatable bonds is 0. The Balaban J connectivity index is 2.36. The van der Waals surface area contributed by atoms with Crippen molar-refractivity contribution < 1.29 is 0 Å². The molecule has 0 saturated carbocycles. The number of hydrazine groups is 2. The van der Waals surface area contributed by atoms with Crippen LogP contribution in [-0.2, 0) is 0 Å². The van der Waals surface area contributed by atoms with Crippen LogP contribution in [0.2, 0.25) is 0 Å². The summed E-state index contributed by atoms with van der Waals surface area (Å²) in [4.78, 5) is 3.86. The van der Waals surface area contributed by atoms with E-state index in [9.17, 15) is 0 Å². The summed E-state index contributed by atoms with van der Waals surface area (Å²) in [5.41, 5.74) is 8.64. The lowest BCUT2D eigenvalue weighted by Gasteiger charge is -2.19. The zero-order valence-electron chi connectivity index (χ0n) is 5.52. The van der Waals surface area contributed by atoms with Gasteiger partial charge < -0.3 is 5.73 Å². The molecule has 0 fully saturated rings. The van der Waals surface area contributed by atoms with Gasteiger partial charge in [0.05, 0.1) is 0 Å². The summed E-state index contributed by atoms with van der Waals surface area (Å²) >= 11 is 0. The molecule has 0 amide bonds. The zero-order valence-corrected chi connectivity index (χ0v) is 5.52. The molecule has 7 heteroatoms. The molecule has 5 N–H and O–H groups in total. The Kier molecular flexibility index (Phi) is 1.01. The summed E-state index contributed by atoms with van der Waals surface area (Å²) < 4.78 is 0. The third kappa shape index (κ3) is 0.783. The van der Waals surface area contributed by atoms with Crippen molar-refractivity contribution in [1.82, 2.24) is 16.0 Å². The van der Waals surface area contributed by atoms with E-state index in [4.69, 9.17) is 11.6 Å². The normalized spacial score (nSPS) is 20.8. The van der Waals surface area contributed by atoms with Crippen LogP contribution in [-0.4, -0.2) is 17.4 Å². The van der Waals surface area contributed by atoms with Crippen molar-refractivity contribution in [2.45, 2.75) is 0 Å². The van der Waals surface area contributed by atoms with Crippen LogP contribution < -0.4 is 22.3 Å². The van der Waals surface area contributed by atoms with Crippen LogP contribution in [0.4, 0.5) is 0 Å². The molecule has 2 aliphatic rings. The lowest BCUT2D eigenvalue weighted by molar-refractivity contribution is 0.219. The van der Waals surface area contributed by atoms with Crippen molar-refractivity contribution in [3.05, 3.63) is 11.5 Å². The first-order chi connectivity index (χ1) is 5.27. The van der Waals surface area contributed by atoms with Crippen molar-refractivity contribution in [1.29, 1.82) is 0 Å². The second-order valence-electron chi connectivity index (χ2n) is 2.01. The lowest BCUT2D eigenvalue weighted by atomic mass is 10.4. The molecule has 0 spiro atoms. The van der Waals surface area contributed by atoms with Crippen LogP contribution in [0.3, 0.4) is 0 Å². The first-order valence-electron chi connectivity index (χ1n) is 2.91. The van der Waals surface area contributed by atoms with E-state index in [0.717, 1.165) is 5.23 Å². The highest BCUT2D eigenvalue weighted by Crippen LogP contribution is 2.10. The van der Waals surface area contributed by atoms with E-state index in [0.29, 0.717) is 11.5 Å². The fourth-order valence-corrected chi connectivity index (χ4v) is 0.833. The summed E-state index contributed by atoms with van der Waals surface area (Å²) in [7, 11) is 0. The summed E-state index contributed by atoms with van der Waals surface area (Å²) in [6, 6.07) is 0. The van der Waals surface area contributed by atoms with Crippen molar-refractivity contribution in [2.24, 2.45) is 21.7 Å². The van der Waals surface area contributed by atoms with Gasteiger partial charge in [0.1, 0.15) is 6.34 Å². The van der Waals surface area contributed by atoms with E-state index in [1.54, 1.807) is 0 Å². The fraction of sp³-hybridized carbons (Fsp3) is 0. The maximum absolute atomic E-state index is 5.47. The molecule has 2 aliphatic heterocycles. The summed E-state index contributed by atoms with van der Waals surface area (Å²) in [5.74, 6) is 6.08. The molecular formula is C4H6N7. The van der Waals surface area contributed by atoms with E-state index in [-0.39, 0.29) is 5.84 Å². The molecule has 7 nitrogen and oxygen atoms in total. The molecule has 1 radical (unpaired) electrons. The SMILES string of the molecule is NC1=NN(N)NC2=C1N=C[N]2. The van der Waals surface area contributed by atoms with Crippen LogP contribution in [0, 0.1) is 0 Å². The first kappa shape index (κ1) is 5.98. The first-order valence-corrected chi connectivity index (χ1v) is 2.91. The number of nitrogens with two attached hydrogens (primary N) is 2. The topological polar surface area (TPSA) is 106 Å². The summed E-state index contributed by atoms with van der Waals surface area (Å²) in [5, 5.41) is 8.53. The van der Waals surface area contributed by atoms with E-state index in [1.807, 2.05) is 0 Å². The second kappa shape index (κ2) is 1.86. The maximum Gasteiger partial charge on any atom is 0.178 e. The fourth-order valence-electron chi connectivity index (χ4n) is 0.833. The Labute approximate surface area is 62.4 Å². The Morgan fingerprint density at radius 2 is 2.36 bits per heavy atom. The molecule has 0 saturated heterocycles. The zero-order chi connectivity index (χ0) is 7.84. The molecule has 0 aliphatic carbocycles. The highest BCUT2D eigenvalue weighted by molar-refractivity contribution is 6.00. The van der Waals surface area contributed by atoms with E-state index < -0.39 is 0 Å². The second-order valence-corrected chi connectivity index (χ2v) is 2.01. The van der Waals surface area contributed by atoms with Gasteiger partial charge in [-0.3, -0.25) is 0 Å². The van der Waals surface area contributed by atoms with Gasteiger partial charge in [-0.15, -0.1) is 10.3 Å². The lowest BCUT2D eigenvalue weighted by Crippen LogP contribution is -2.45. The summed E-state index contributed by atoms with van der Waals surface area (Å²) in [6.07, 6.45) is 1.39. The molecule has 2 heterocycles. The molecular weight excluding hydrogens is 146 g/mol. The molecule has 0 bridgehead atoms. The largest absolute Gasteiger partial charge is 0.380 e. The predicted octanol–water partition coefficient (Wildman–Crippen LogP) is -2.23. The summed E-state index contributed by atoms with van der Waals surface area (Å²) in [6.45, 7) is 0. The van der Waals surface area contributed by atoms with E-state index >= 15 is 0 Å². The molecule has 11 heavy (non-hydrogen) atoms. The van der Waals surface area contributed by atoms with Gasteiger partial charge in [-0.2, -0.15) is 0 Å². The Hall–Kier alpha value is -1.76. The van der Waals surface area contributed by atoms with Gasteiger partial charge in [0.25, 0.3) is 0 Å². The van der Waals surface area contributed by atoms with Crippen LogP contribution in [0.25, 0.3) is 0 Å². The monoisotopic (exact) mass is 152 g/mol. The van der Waals surface area contributed by atoms with Gasteiger partial charge in [0.2, 0.25) is 0 Å². The molecule has 0 aromatic carbocycles. The number of amidine groups is 1. The average molecular weight is 152 g/mol. The quantitative estimate of drug-likeness (QED) is 0.341. The highest BCUT2D eigenvalue weighted by Gasteiger charge is 2.21. The third-order valence-electron chi connectivity index (χ3n) is 1.28. The Morgan fingerprint density at radius 1 is 1.55 bits per heavy atom. The molecule has 2 rings (SSSR count). The number of hydrogen-bond donors (Lipinski definition) is 3. The number of hydrazone groups is 1. The minimum atomic E-state index is 0.263. The highest BCUT2D eigenvalue weighted by atomic mass is 15.8. The smallest absolute Gasteiger partial charge is 0.178 e. The van der Waals surface area contributed by atoms with Gasteiger partial charge >= 0.3 is 0 Å².